The van der Waals surface area contributed by atoms with E-state index >= 15 is 0 Å². The highest BCUT2D eigenvalue weighted by Gasteiger charge is 2.25. The highest BCUT2D eigenvalue weighted by molar-refractivity contribution is 7.91. The minimum absolute atomic E-state index is 0.240. The molecule has 0 saturated heterocycles. The molecule has 0 bridgehead atoms. The topological polar surface area (TPSA) is 52.0 Å². The van der Waals surface area contributed by atoms with Gasteiger partial charge in [0.2, 0.25) is 15.0 Å². The third kappa shape index (κ3) is 1.04. The minimum atomic E-state index is -3.07. The van der Waals surface area contributed by atoms with Crippen molar-refractivity contribution in [1.82, 2.24) is 9.55 Å². The van der Waals surface area contributed by atoms with Crippen LogP contribution in [0.5, 0.6) is 0 Å². The van der Waals surface area contributed by atoms with Crippen molar-refractivity contribution >= 4 is 9.84 Å². The van der Waals surface area contributed by atoms with E-state index in [1.54, 1.807) is 17.7 Å². The summed E-state index contributed by atoms with van der Waals surface area (Å²) in [5.41, 5.74) is 0.774. The largest absolute Gasteiger partial charge is 0.322 e. The summed E-state index contributed by atoms with van der Waals surface area (Å²) in [6, 6.07) is 0. The summed E-state index contributed by atoms with van der Waals surface area (Å²) < 4.78 is 24.5. The molecule has 1 aliphatic heterocycles. The van der Waals surface area contributed by atoms with Crippen molar-refractivity contribution in [3.05, 3.63) is 11.9 Å². The summed E-state index contributed by atoms with van der Waals surface area (Å²) in [5.74, 6) is 0.240. The van der Waals surface area contributed by atoms with Crippen LogP contribution in [-0.2, 0) is 16.4 Å². The van der Waals surface area contributed by atoms with Crippen molar-refractivity contribution in [2.75, 3.05) is 5.75 Å². The van der Waals surface area contributed by atoms with Gasteiger partial charge < -0.3 is 4.57 Å². The first-order valence-corrected chi connectivity index (χ1v) is 5.51. The molecule has 0 spiro atoms. The van der Waals surface area contributed by atoms with Crippen LogP contribution in [0.2, 0.25) is 0 Å². The number of imidazole rings is 1. The van der Waals surface area contributed by atoms with Crippen LogP contribution in [-0.4, -0.2) is 23.7 Å². The predicted molar refractivity (Wildman–Crippen MR) is 43.6 cm³/mol. The van der Waals surface area contributed by atoms with Gasteiger partial charge in [-0.15, -0.1) is 0 Å². The standard InChI is InChI=1S/C7H10N2O2S/c1-6-5-9-3-2-4-12(10,11)7(9)8-6/h5H,2-4H2,1H3. The highest BCUT2D eigenvalue weighted by atomic mass is 32.2. The molecule has 1 aromatic rings. The Kier molecular flexibility index (Phi) is 1.51. The van der Waals surface area contributed by atoms with Crippen LogP contribution in [0.1, 0.15) is 12.1 Å². The van der Waals surface area contributed by atoms with Gasteiger partial charge in [0.25, 0.3) is 0 Å². The molecule has 0 N–H and O–H groups in total. The van der Waals surface area contributed by atoms with Crippen molar-refractivity contribution in [2.24, 2.45) is 0 Å². The number of aryl methyl sites for hydroxylation is 2. The number of aromatic nitrogens is 2. The Labute approximate surface area is 71.1 Å². The molecule has 0 fully saturated rings. The van der Waals surface area contributed by atoms with E-state index in [1.807, 2.05) is 0 Å². The summed E-state index contributed by atoms with van der Waals surface area (Å²) in [6.45, 7) is 2.58. The average Bonchev–Trinajstić information content (AvgIpc) is 2.30. The van der Waals surface area contributed by atoms with Gasteiger partial charge in [-0.05, 0) is 13.3 Å². The molecular formula is C7H10N2O2S. The average molecular weight is 186 g/mol. The quantitative estimate of drug-likeness (QED) is 0.588. The Hall–Kier alpha value is -0.840. The van der Waals surface area contributed by atoms with E-state index in [1.165, 1.54) is 0 Å². The van der Waals surface area contributed by atoms with Gasteiger partial charge in [0.15, 0.2) is 0 Å². The number of rotatable bonds is 0. The van der Waals surface area contributed by atoms with Gasteiger partial charge in [-0.1, -0.05) is 0 Å². The van der Waals surface area contributed by atoms with E-state index in [0.717, 1.165) is 12.2 Å². The zero-order valence-electron chi connectivity index (χ0n) is 6.82. The number of hydrogen-bond donors (Lipinski definition) is 0. The molecule has 12 heavy (non-hydrogen) atoms. The van der Waals surface area contributed by atoms with E-state index in [4.69, 9.17) is 0 Å². The minimum Gasteiger partial charge on any atom is -0.322 e. The Morgan fingerprint density at radius 1 is 1.58 bits per heavy atom. The SMILES string of the molecule is Cc1cn2c(n1)S(=O)(=O)CCC2. The molecule has 0 amide bonds. The molecule has 0 atom stereocenters. The van der Waals surface area contributed by atoms with Gasteiger partial charge in [-0.3, -0.25) is 0 Å². The Morgan fingerprint density at radius 3 is 3.00 bits per heavy atom. The smallest absolute Gasteiger partial charge is 0.227 e. The maximum absolute atomic E-state index is 11.4. The molecule has 0 aliphatic carbocycles. The first kappa shape index (κ1) is 7.79. The summed E-state index contributed by atoms with van der Waals surface area (Å²) in [5, 5.41) is 0.242. The molecule has 2 rings (SSSR count). The molecule has 0 saturated carbocycles. The second kappa shape index (κ2) is 2.32. The number of sulfone groups is 1. The fourth-order valence-corrected chi connectivity index (χ4v) is 2.93. The van der Waals surface area contributed by atoms with Gasteiger partial charge in [-0.2, -0.15) is 0 Å². The van der Waals surface area contributed by atoms with Crippen molar-refractivity contribution in [3.8, 4) is 0 Å². The van der Waals surface area contributed by atoms with Crippen LogP contribution in [0.4, 0.5) is 0 Å². The van der Waals surface area contributed by atoms with Gasteiger partial charge in [0.1, 0.15) is 0 Å². The lowest BCUT2D eigenvalue weighted by Crippen LogP contribution is -2.20. The maximum Gasteiger partial charge on any atom is 0.227 e. The van der Waals surface area contributed by atoms with E-state index in [2.05, 4.69) is 4.98 Å². The Balaban J connectivity index is 2.67. The Morgan fingerprint density at radius 2 is 2.33 bits per heavy atom. The Bertz CT molecular complexity index is 405. The van der Waals surface area contributed by atoms with Crippen LogP contribution >= 0.6 is 0 Å². The van der Waals surface area contributed by atoms with E-state index in [9.17, 15) is 8.42 Å². The number of hydrogen-bond acceptors (Lipinski definition) is 3. The van der Waals surface area contributed by atoms with Crippen LogP contribution in [0, 0.1) is 6.92 Å². The summed E-state index contributed by atoms with van der Waals surface area (Å²) >= 11 is 0. The lowest BCUT2D eigenvalue weighted by atomic mass is 10.5. The summed E-state index contributed by atoms with van der Waals surface area (Å²) in [7, 11) is -3.07. The van der Waals surface area contributed by atoms with Crippen molar-refractivity contribution in [2.45, 2.75) is 25.0 Å². The first-order valence-electron chi connectivity index (χ1n) is 3.86. The van der Waals surface area contributed by atoms with Crippen molar-refractivity contribution < 1.29 is 8.42 Å². The monoisotopic (exact) mass is 186 g/mol. The molecule has 2 heterocycles. The lowest BCUT2D eigenvalue weighted by Gasteiger charge is -2.12. The van der Waals surface area contributed by atoms with Gasteiger partial charge in [-0.25, -0.2) is 13.4 Å². The molecular weight excluding hydrogens is 176 g/mol. The number of fused-ring (bicyclic) bond motifs is 1. The van der Waals surface area contributed by atoms with Crippen LogP contribution < -0.4 is 0 Å². The summed E-state index contributed by atoms with van der Waals surface area (Å²) in [6.07, 6.45) is 2.48. The molecule has 0 unspecified atom stereocenters. The zero-order chi connectivity index (χ0) is 8.77. The first-order chi connectivity index (χ1) is 5.59. The van der Waals surface area contributed by atoms with E-state index < -0.39 is 9.84 Å². The highest BCUT2D eigenvalue weighted by Crippen LogP contribution is 2.17. The van der Waals surface area contributed by atoms with E-state index in [-0.39, 0.29) is 10.9 Å². The fraction of sp³-hybridized carbons (Fsp3) is 0.571. The van der Waals surface area contributed by atoms with E-state index in [0.29, 0.717) is 6.42 Å². The van der Waals surface area contributed by atoms with Crippen LogP contribution in [0.3, 0.4) is 0 Å². The second-order valence-electron chi connectivity index (χ2n) is 3.03. The normalized spacial score (nSPS) is 20.4. The van der Waals surface area contributed by atoms with Gasteiger partial charge in [0.05, 0.1) is 11.4 Å². The molecule has 0 radical (unpaired) electrons. The number of nitrogens with zero attached hydrogens (tertiary/aromatic N) is 2. The third-order valence-electron chi connectivity index (χ3n) is 1.95. The van der Waals surface area contributed by atoms with Gasteiger partial charge >= 0.3 is 0 Å². The molecule has 66 valence electrons. The van der Waals surface area contributed by atoms with Crippen molar-refractivity contribution in [3.63, 3.8) is 0 Å². The molecule has 4 nitrogen and oxygen atoms in total. The molecule has 1 aromatic heterocycles. The summed E-state index contributed by atoms with van der Waals surface area (Å²) in [4.78, 5) is 3.98. The zero-order valence-corrected chi connectivity index (χ0v) is 7.63. The molecule has 0 aromatic carbocycles. The lowest BCUT2D eigenvalue weighted by molar-refractivity contribution is 0.528. The second-order valence-corrected chi connectivity index (χ2v) is 5.03. The predicted octanol–water partition coefficient (Wildman–Crippen LogP) is 0.369. The van der Waals surface area contributed by atoms with Gasteiger partial charge in [0, 0.05) is 12.7 Å². The maximum atomic E-state index is 11.4. The van der Waals surface area contributed by atoms with Crippen molar-refractivity contribution in [1.29, 1.82) is 0 Å². The van der Waals surface area contributed by atoms with Crippen LogP contribution in [0.15, 0.2) is 11.4 Å². The molecule has 1 aliphatic rings. The molecule has 5 heteroatoms. The van der Waals surface area contributed by atoms with Crippen LogP contribution in [0.25, 0.3) is 0 Å². The third-order valence-corrected chi connectivity index (χ3v) is 3.66. The fourth-order valence-electron chi connectivity index (χ4n) is 1.45.